The maximum Gasteiger partial charge on any atom is 0.191 e. The van der Waals surface area contributed by atoms with E-state index in [4.69, 9.17) is 16.3 Å². The number of ether oxygens (including phenoxy) is 1. The predicted molar refractivity (Wildman–Crippen MR) is 107 cm³/mol. The lowest BCUT2D eigenvalue weighted by Gasteiger charge is -2.18. The molecule has 1 heterocycles. The molecular weight excluding hydrogens is 350 g/mol. The Kier molecular flexibility index (Phi) is 7.78. The average Bonchev–Trinajstić information content (AvgIpc) is 3.03. The number of aliphatic imine (C=N–C) groups is 1. The van der Waals surface area contributed by atoms with Crippen molar-refractivity contribution in [1.82, 2.24) is 20.2 Å². The monoisotopic (exact) mass is 377 g/mol. The zero-order valence-corrected chi connectivity index (χ0v) is 16.6. The van der Waals surface area contributed by atoms with Gasteiger partial charge in [0.15, 0.2) is 5.96 Å². The number of hydrogen-bond acceptors (Lipinski definition) is 3. The molecule has 6 nitrogen and oxygen atoms in total. The van der Waals surface area contributed by atoms with Gasteiger partial charge in [-0.05, 0) is 37.1 Å². The normalized spacial score (nSPS) is 12.9. The Balaban J connectivity index is 1.78. The summed E-state index contributed by atoms with van der Waals surface area (Å²) in [5.74, 6) is 3.08. The first-order valence-electron chi connectivity index (χ1n) is 8.84. The Morgan fingerprint density at radius 1 is 1.23 bits per heavy atom. The third-order valence-electron chi connectivity index (χ3n) is 3.71. The van der Waals surface area contributed by atoms with E-state index < -0.39 is 0 Å². The highest BCUT2D eigenvalue weighted by atomic mass is 35.5. The molecule has 2 aromatic rings. The molecule has 0 fully saturated rings. The average molecular weight is 378 g/mol. The van der Waals surface area contributed by atoms with Crippen LogP contribution >= 0.6 is 11.6 Å². The first-order valence-corrected chi connectivity index (χ1v) is 9.22. The summed E-state index contributed by atoms with van der Waals surface area (Å²) in [7, 11) is 1.75. The smallest absolute Gasteiger partial charge is 0.191 e. The van der Waals surface area contributed by atoms with Crippen molar-refractivity contribution in [2.75, 3.05) is 13.6 Å². The molecule has 142 valence electrons. The molecule has 0 aliphatic rings. The number of imidazole rings is 1. The van der Waals surface area contributed by atoms with Crippen LogP contribution in [0.4, 0.5) is 0 Å². The van der Waals surface area contributed by atoms with Crippen molar-refractivity contribution in [3.8, 4) is 5.75 Å². The third kappa shape index (κ3) is 6.59. The maximum absolute atomic E-state index is 5.89. The lowest BCUT2D eigenvalue weighted by atomic mass is 10.2. The standard InChI is InChI=1S/C19H28ClN5O/c1-14(2)13-25-10-9-22-18(25)12-24-19(21-4)23-11-15(3)26-17-7-5-16(20)6-8-17/h5-10,14-15H,11-13H2,1-4H3,(H2,21,23,24). The number of nitrogens with one attached hydrogen (secondary N) is 2. The van der Waals surface area contributed by atoms with Gasteiger partial charge in [0.1, 0.15) is 17.7 Å². The summed E-state index contributed by atoms with van der Waals surface area (Å²) in [5, 5.41) is 7.27. The van der Waals surface area contributed by atoms with Gasteiger partial charge in [-0.3, -0.25) is 4.99 Å². The van der Waals surface area contributed by atoms with Gasteiger partial charge < -0.3 is 19.9 Å². The summed E-state index contributed by atoms with van der Waals surface area (Å²) in [6.07, 6.45) is 3.82. The minimum Gasteiger partial charge on any atom is -0.489 e. The number of halogens is 1. The Bertz CT molecular complexity index is 696. The lowest BCUT2D eigenvalue weighted by molar-refractivity contribution is 0.224. The first-order chi connectivity index (χ1) is 12.5. The van der Waals surface area contributed by atoms with Crippen LogP contribution in [0.5, 0.6) is 5.75 Å². The van der Waals surface area contributed by atoms with Crippen LogP contribution in [0.2, 0.25) is 5.02 Å². The second kappa shape index (κ2) is 10.1. The summed E-state index contributed by atoms with van der Waals surface area (Å²) in [6, 6.07) is 7.36. The van der Waals surface area contributed by atoms with E-state index >= 15 is 0 Å². The molecule has 1 unspecified atom stereocenters. The number of benzene rings is 1. The van der Waals surface area contributed by atoms with Crippen LogP contribution in [0, 0.1) is 5.92 Å². The summed E-state index contributed by atoms with van der Waals surface area (Å²) in [6.45, 7) is 8.59. The van der Waals surface area contributed by atoms with Crippen LogP contribution < -0.4 is 15.4 Å². The van der Waals surface area contributed by atoms with Crippen LogP contribution in [0.15, 0.2) is 41.7 Å². The Morgan fingerprint density at radius 3 is 2.62 bits per heavy atom. The van der Waals surface area contributed by atoms with Gasteiger partial charge in [0, 0.05) is 31.0 Å². The molecule has 1 aromatic carbocycles. The fourth-order valence-electron chi connectivity index (χ4n) is 2.48. The quantitative estimate of drug-likeness (QED) is 0.547. The molecule has 1 aromatic heterocycles. The van der Waals surface area contributed by atoms with Crippen LogP contribution in [-0.4, -0.2) is 35.2 Å². The number of hydrogen-bond donors (Lipinski definition) is 2. The van der Waals surface area contributed by atoms with Gasteiger partial charge in [0.05, 0.1) is 13.1 Å². The van der Waals surface area contributed by atoms with Gasteiger partial charge in [-0.15, -0.1) is 0 Å². The van der Waals surface area contributed by atoms with E-state index in [2.05, 4.69) is 39.0 Å². The van der Waals surface area contributed by atoms with Crippen LogP contribution in [-0.2, 0) is 13.1 Å². The van der Waals surface area contributed by atoms with E-state index in [-0.39, 0.29) is 6.10 Å². The van der Waals surface area contributed by atoms with Crippen molar-refractivity contribution in [1.29, 1.82) is 0 Å². The fraction of sp³-hybridized carbons (Fsp3) is 0.474. The van der Waals surface area contributed by atoms with Crippen molar-refractivity contribution in [2.45, 2.75) is 40.0 Å². The predicted octanol–water partition coefficient (Wildman–Crippen LogP) is 3.33. The Labute approximate surface area is 160 Å². The molecule has 0 aliphatic carbocycles. The summed E-state index contributed by atoms with van der Waals surface area (Å²) < 4.78 is 8.02. The number of guanidine groups is 1. The number of rotatable bonds is 8. The molecule has 1 atom stereocenters. The van der Waals surface area contributed by atoms with E-state index in [0.717, 1.165) is 24.1 Å². The van der Waals surface area contributed by atoms with Crippen molar-refractivity contribution < 1.29 is 4.74 Å². The third-order valence-corrected chi connectivity index (χ3v) is 3.96. The van der Waals surface area contributed by atoms with Gasteiger partial charge in [0.2, 0.25) is 0 Å². The number of aromatic nitrogens is 2. The first kappa shape index (κ1) is 20.1. The van der Waals surface area contributed by atoms with E-state index in [1.54, 1.807) is 7.05 Å². The Morgan fingerprint density at radius 2 is 1.96 bits per heavy atom. The molecule has 0 aliphatic heterocycles. The van der Waals surface area contributed by atoms with Gasteiger partial charge in [-0.1, -0.05) is 25.4 Å². The molecule has 0 saturated heterocycles. The molecule has 0 amide bonds. The van der Waals surface area contributed by atoms with Crippen LogP contribution in [0.3, 0.4) is 0 Å². The zero-order valence-electron chi connectivity index (χ0n) is 15.9. The van der Waals surface area contributed by atoms with Gasteiger partial charge >= 0.3 is 0 Å². The topological polar surface area (TPSA) is 63.5 Å². The van der Waals surface area contributed by atoms with E-state index in [9.17, 15) is 0 Å². The Hall–Kier alpha value is -2.21. The molecule has 0 saturated carbocycles. The largest absolute Gasteiger partial charge is 0.489 e. The minimum atomic E-state index is -0.0161. The van der Waals surface area contributed by atoms with Crippen LogP contribution in [0.25, 0.3) is 0 Å². The van der Waals surface area contributed by atoms with E-state index in [1.807, 2.05) is 43.6 Å². The molecule has 7 heteroatoms. The van der Waals surface area contributed by atoms with Crippen molar-refractivity contribution >= 4 is 17.6 Å². The molecule has 26 heavy (non-hydrogen) atoms. The van der Waals surface area contributed by atoms with Crippen molar-refractivity contribution in [2.24, 2.45) is 10.9 Å². The molecular formula is C19H28ClN5O. The second-order valence-electron chi connectivity index (χ2n) is 6.58. The lowest BCUT2D eigenvalue weighted by Crippen LogP contribution is -2.41. The van der Waals surface area contributed by atoms with Gasteiger partial charge in [-0.25, -0.2) is 4.98 Å². The SMILES string of the molecule is CN=C(NCc1nccn1CC(C)C)NCC(C)Oc1ccc(Cl)cc1. The number of nitrogens with zero attached hydrogens (tertiary/aromatic N) is 3. The van der Waals surface area contributed by atoms with E-state index in [0.29, 0.717) is 24.0 Å². The molecule has 0 bridgehead atoms. The highest BCUT2D eigenvalue weighted by Crippen LogP contribution is 2.16. The molecule has 2 rings (SSSR count). The minimum absolute atomic E-state index is 0.0161. The zero-order chi connectivity index (χ0) is 18.9. The van der Waals surface area contributed by atoms with Gasteiger partial charge in [-0.2, -0.15) is 0 Å². The summed E-state index contributed by atoms with van der Waals surface area (Å²) in [5.41, 5.74) is 0. The highest BCUT2D eigenvalue weighted by molar-refractivity contribution is 6.30. The maximum atomic E-state index is 5.89. The summed E-state index contributed by atoms with van der Waals surface area (Å²) >= 11 is 5.89. The van der Waals surface area contributed by atoms with Crippen molar-refractivity contribution in [3.63, 3.8) is 0 Å². The van der Waals surface area contributed by atoms with E-state index in [1.165, 1.54) is 0 Å². The summed E-state index contributed by atoms with van der Waals surface area (Å²) in [4.78, 5) is 8.67. The highest BCUT2D eigenvalue weighted by Gasteiger charge is 2.08. The van der Waals surface area contributed by atoms with Crippen molar-refractivity contribution in [3.05, 3.63) is 47.5 Å². The fourth-order valence-corrected chi connectivity index (χ4v) is 2.60. The second-order valence-corrected chi connectivity index (χ2v) is 7.02. The molecule has 0 radical (unpaired) electrons. The molecule has 2 N–H and O–H groups in total. The van der Waals surface area contributed by atoms with Crippen LogP contribution in [0.1, 0.15) is 26.6 Å². The molecule has 0 spiro atoms. The van der Waals surface area contributed by atoms with Gasteiger partial charge in [0.25, 0.3) is 0 Å².